The van der Waals surface area contributed by atoms with Gasteiger partial charge in [-0.2, -0.15) is 0 Å². The molecule has 1 saturated carbocycles. The molecule has 4 rings (SSSR count). The molecule has 1 aromatic heterocycles. The average Bonchev–Trinajstić information content (AvgIpc) is 3.15. The van der Waals surface area contributed by atoms with Crippen molar-refractivity contribution in [1.82, 2.24) is 10.1 Å². The van der Waals surface area contributed by atoms with Gasteiger partial charge in [-0.15, -0.1) is 0 Å². The zero-order valence-corrected chi connectivity index (χ0v) is 11.6. The van der Waals surface area contributed by atoms with E-state index >= 15 is 0 Å². The topological polar surface area (TPSA) is 72.4 Å². The van der Waals surface area contributed by atoms with Crippen molar-refractivity contribution in [2.75, 3.05) is 0 Å². The van der Waals surface area contributed by atoms with E-state index < -0.39 is 0 Å². The van der Waals surface area contributed by atoms with Gasteiger partial charge in [0.15, 0.2) is 5.69 Å². The maximum atomic E-state index is 12.7. The Balaban J connectivity index is 1.57. The van der Waals surface area contributed by atoms with Crippen LogP contribution < -0.4 is 5.73 Å². The van der Waals surface area contributed by atoms with Gasteiger partial charge in [-0.25, -0.2) is 0 Å². The van der Waals surface area contributed by atoms with Crippen LogP contribution in [0.4, 0.5) is 0 Å². The van der Waals surface area contributed by atoms with Crippen LogP contribution in [0.2, 0.25) is 0 Å². The van der Waals surface area contributed by atoms with Crippen LogP contribution in [0, 0.1) is 0 Å². The summed E-state index contributed by atoms with van der Waals surface area (Å²) in [7, 11) is 0. The molecule has 3 heterocycles. The molecule has 20 heavy (non-hydrogen) atoms. The fraction of sp³-hybridized carbons (Fsp3) is 0.733. The first-order valence-electron chi connectivity index (χ1n) is 7.77. The molecule has 1 aliphatic carbocycles. The fourth-order valence-electron chi connectivity index (χ4n) is 3.84. The van der Waals surface area contributed by atoms with E-state index in [1.54, 1.807) is 0 Å². The van der Waals surface area contributed by atoms with Crippen molar-refractivity contribution in [2.24, 2.45) is 5.73 Å². The molecule has 3 aliphatic rings. The highest BCUT2D eigenvalue weighted by atomic mass is 16.5. The summed E-state index contributed by atoms with van der Waals surface area (Å²) in [5.74, 6) is 1.42. The van der Waals surface area contributed by atoms with E-state index in [4.69, 9.17) is 10.3 Å². The molecule has 0 radical (unpaired) electrons. The van der Waals surface area contributed by atoms with E-state index in [0.717, 1.165) is 44.3 Å². The molecule has 1 unspecified atom stereocenters. The van der Waals surface area contributed by atoms with Crippen LogP contribution in [-0.2, 0) is 0 Å². The molecule has 2 aliphatic heterocycles. The average molecular weight is 275 g/mol. The number of carbonyl (C=O) groups excluding carboxylic acids is 1. The van der Waals surface area contributed by atoms with E-state index in [-0.39, 0.29) is 11.9 Å². The smallest absolute Gasteiger partial charge is 0.276 e. The number of hydrogen-bond acceptors (Lipinski definition) is 4. The Kier molecular flexibility index (Phi) is 2.84. The van der Waals surface area contributed by atoms with Crippen molar-refractivity contribution in [3.05, 3.63) is 17.5 Å². The van der Waals surface area contributed by atoms with E-state index in [2.05, 4.69) is 5.16 Å². The minimum Gasteiger partial charge on any atom is -0.360 e. The molecular formula is C15H21N3O2. The molecule has 1 amide bonds. The number of nitrogens with two attached hydrogens (primary N) is 1. The van der Waals surface area contributed by atoms with Crippen molar-refractivity contribution in [2.45, 2.75) is 69.0 Å². The number of piperidine rings is 2. The first-order valence-corrected chi connectivity index (χ1v) is 7.77. The Morgan fingerprint density at radius 1 is 1.25 bits per heavy atom. The molecule has 1 aromatic rings. The quantitative estimate of drug-likeness (QED) is 0.896. The minimum atomic E-state index is 0.0438. The lowest BCUT2D eigenvalue weighted by Crippen LogP contribution is -2.57. The first-order chi connectivity index (χ1) is 9.72. The van der Waals surface area contributed by atoms with Gasteiger partial charge in [-0.3, -0.25) is 4.79 Å². The summed E-state index contributed by atoms with van der Waals surface area (Å²) in [6.45, 7) is 0. The van der Waals surface area contributed by atoms with E-state index in [9.17, 15) is 4.79 Å². The summed E-state index contributed by atoms with van der Waals surface area (Å²) >= 11 is 0. The fourth-order valence-corrected chi connectivity index (χ4v) is 3.84. The predicted molar refractivity (Wildman–Crippen MR) is 73.3 cm³/mol. The van der Waals surface area contributed by atoms with Crippen molar-refractivity contribution >= 4 is 5.91 Å². The number of aromatic nitrogens is 1. The molecule has 3 fully saturated rings. The number of rotatable bonds is 2. The summed E-state index contributed by atoms with van der Waals surface area (Å²) in [5.41, 5.74) is 6.59. The lowest BCUT2D eigenvalue weighted by atomic mass is 9.82. The second kappa shape index (κ2) is 4.58. The van der Waals surface area contributed by atoms with Crippen molar-refractivity contribution in [1.29, 1.82) is 0 Å². The predicted octanol–water partition coefficient (Wildman–Crippen LogP) is 2.04. The third kappa shape index (κ3) is 2.04. The van der Waals surface area contributed by atoms with Gasteiger partial charge in [0, 0.05) is 30.1 Å². The summed E-state index contributed by atoms with van der Waals surface area (Å²) in [5, 5.41) is 4.00. The summed E-state index contributed by atoms with van der Waals surface area (Å²) < 4.78 is 5.32. The highest BCUT2D eigenvalue weighted by Crippen LogP contribution is 2.41. The van der Waals surface area contributed by atoms with E-state index in [1.165, 1.54) is 6.42 Å². The SMILES string of the molecule is NC1C[C@H]2CCC[C@@H](C1)N2C(=O)c1cc(C2CC2)on1. The maximum absolute atomic E-state index is 12.7. The molecule has 2 bridgehead atoms. The standard InChI is InChI=1S/C15H21N3O2/c16-10-6-11-2-1-3-12(7-10)18(11)15(19)13-8-14(20-17-13)9-4-5-9/h8-12H,1-7,16H2/t10?,11-,12+. The number of carbonyl (C=O) groups is 1. The van der Waals surface area contributed by atoms with Crippen LogP contribution >= 0.6 is 0 Å². The monoisotopic (exact) mass is 275 g/mol. The Morgan fingerprint density at radius 2 is 1.95 bits per heavy atom. The first kappa shape index (κ1) is 12.4. The zero-order valence-electron chi connectivity index (χ0n) is 11.6. The van der Waals surface area contributed by atoms with Gasteiger partial charge in [0.25, 0.3) is 5.91 Å². The number of fused-ring (bicyclic) bond motifs is 2. The van der Waals surface area contributed by atoms with Gasteiger partial charge in [-0.05, 0) is 44.9 Å². The molecule has 5 nitrogen and oxygen atoms in total. The third-order valence-corrected chi connectivity index (χ3v) is 4.97. The van der Waals surface area contributed by atoms with Crippen LogP contribution in [-0.4, -0.2) is 34.1 Å². The van der Waals surface area contributed by atoms with E-state index in [0.29, 0.717) is 23.7 Å². The molecular weight excluding hydrogens is 254 g/mol. The van der Waals surface area contributed by atoms with Crippen molar-refractivity contribution in [3.8, 4) is 0 Å². The highest BCUT2D eigenvalue weighted by molar-refractivity contribution is 5.93. The highest BCUT2D eigenvalue weighted by Gasteiger charge is 2.41. The molecule has 108 valence electrons. The van der Waals surface area contributed by atoms with Crippen LogP contribution in [0.1, 0.15) is 67.1 Å². The van der Waals surface area contributed by atoms with Crippen molar-refractivity contribution in [3.63, 3.8) is 0 Å². The van der Waals surface area contributed by atoms with Gasteiger partial charge < -0.3 is 15.2 Å². The Hall–Kier alpha value is -1.36. The van der Waals surface area contributed by atoms with Crippen LogP contribution in [0.5, 0.6) is 0 Å². The third-order valence-electron chi connectivity index (χ3n) is 4.97. The van der Waals surface area contributed by atoms with Crippen LogP contribution in [0.25, 0.3) is 0 Å². The van der Waals surface area contributed by atoms with Gasteiger partial charge in [0.05, 0.1) is 0 Å². The zero-order chi connectivity index (χ0) is 13.7. The Bertz CT molecular complexity index is 509. The number of amides is 1. The maximum Gasteiger partial charge on any atom is 0.276 e. The molecule has 0 spiro atoms. The molecule has 2 N–H and O–H groups in total. The Labute approximate surface area is 118 Å². The molecule has 0 aromatic carbocycles. The lowest BCUT2D eigenvalue weighted by molar-refractivity contribution is 0.0234. The van der Waals surface area contributed by atoms with Gasteiger partial charge in [-0.1, -0.05) is 5.16 Å². The largest absolute Gasteiger partial charge is 0.360 e. The van der Waals surface area contributed by atoms with Crippen LogP contribution in [0.15, 0.2) is 10.6 Å². The lowest BCUT2D eigenvalue weighted by Gasteiger charge is -2.47. The number of hydrogen-bond donors (Lipinski definition) is 1. The Morgan fingerprint density at radius 3 is 2.60 bits per heavy atom. The molecule has 2 saturated heterocycles. The van der Waals surface area contributed by atoms with Gasteiger partial charge in [0.1, 0.15) is 5.76 Å². The normalized spacial score (nSPS) is 33.2. The summed E-state index contributed by atoms with van der Waals surface area (Å²) in [4.78, 5) is 14.8. The number of nitrogens with zero attached hydrogens (tertiary/aromatic N) is 2. The molecule has 3 atom stereocenters. The van der Waals surface area contributed by atoms with Gasteiger partial charge in [0.2, 0.25) is 0 Å². The summed E-state index contributed by atoms with van der Waals surface area (Å²) in [6, 6.07) is 2.69. The van der Waals surface area contributed by atoms with E-state index in [1.807, 2.05) is 11.0 Å². The molecule has 5 heteroatoms. The van der Waals surface area contributed by atoms with Crippen LogP contribution in [0.3, 0.4) is 0 Å². The minimum absolute atomic E-state index is 0.0438. The van der Waals surface area contributed by atoms with Crippen molar-refractivity contribution < 1.29 is 9.32 Å². The van der Waals surface area contributed by atoms with Gasteiger partial charge >= 0.3 is 0 Å². The second-order valence-corrected chi connectivity index (χ2v) is 6.57. The second-order valence-electron chi connectivity index (χ2n) is 6.57. The summed E-state index contributed by atoms with van der Waals surface area (Å²) in [6.07, 6.45) is 7.52.